The minimum atomic E-state index is -0.896. The third-order valence-electron chi connectivity index (χ3n) is 3.70. The summed E-state index contributed by atoms with van der Waals surface area (Å²) < 4.78 is 5.50. The monoisotopic (exact) mass is 345 g/mol. The second-order valence-electron chi connectivity index (χ2n) is 5.20. The number of nitrogens with one attached hydrogen (secondary N) is 1. The molecule has 0 spiro atoms. The molecule has 1 amide bonds. The van der Waals surface area contributed by atoms with E-state index >= 15 is 0 Å². The maximum absolute atomic E-state index is 11.8. The molecule has 7 heteroatoms. The van der Waals surface area contributed by atoms with Crippen molar-refractivity contribution in [3.63, 3.8) is 0 Å². The molecule has 2 rings (SSSR count). The van der Waals surface area contributed by atoms with Crippen molar-refractivity contribution in [3.05, 3.63) is 28.2 Å². The van der Waals surface area contributed by atoms with Gasteiger partial charge >= 0.3 is 5.97 Å². The first kappa shape index (κ1) is 16.9. The second-order valence-corrected chi connectivity index (χ2v) is 6.04. The van der Waals surface area contributed by atoms with Gasteiger partial charge < -0.3 is 15.2 Å². The summed E-state index contributed by atoms with van der Waals surface area (Å²) in [6.07, 6.45) is 1.82. The van der Waals surface area contributed by atoms with Crippen molar-refractivity contribution in [1.82, 2.24) is 5.32 Å². The van der Waals surface area contributed by atoms with Crippen LogP contribution in [0.25, 0.3) is 0 Å². The van der Waals surface area contributed by atoms with Crippen molar-refractivity contribution in [1.29, 1.82) is 0 Å². The average molecular weight is 346 g/mol. The Hall–Kier alpha value is -1.46. The van der Waals surface area contributed by atoms with Gasteiger partial charge in [0.25, 0.3) is 0 Å². The van der Waals surface area contributed by atoms with Crippen LogP contribution in [0.2, 0.25) is 10.0 Å². The molecule has 2 unspecified atom stereocenters. The summed E-state index contributed by atoms with van der Waals surface area (Å²) >= 11 is 11.8. The summed E-state index contributed by atoms with van der Waals surface area (Å²) in [6.45, 7) is 0.835. The van der Waals surface area contributed by atoms with Crippen LogP contribution in [0.15, 0.2) is 18.2 Å². The summed E-state index contributed by atoms with van der Waals surface area (Å²) in [4.78, 5) is 22.7. The fourth-order valence-corrected chi connectivity index (χ4v) is 2.76. The van der Waals surface area contributed by atoms with E-state index in [4.69, 9.17) is 33.0 Å². The number of halogens is 2. The molecule has 1 aromatic carbocycles. The first-order chi connectivity index (χ1) is 10.5. The highest BCUT2D eigenvalue weighted by atomic mass is 35.5. The van der Waals surface area contributed by atoms with Gasteiger partial charge in [-0.05, 0) is 37.5 Å². The standard InChI is InChI=1S/C15H17Cl2NO4/c16-9-2-5-13(12(17)8-9)22-7-1-6-18-14(19)10-3-4-11(10)15(20)21/h2,5,8,10-11H,1,3-4,6-7H2,(H,18,19)(H,20,21). The van der Waals surface area contributed by atoms with Crippen LogP contribution >= 0.6 is 23.2 Å². The average Bonchev–Trinajstić information content (AvgIpc) is 2.38. The first-order valence-electron chi connectivity index (χ1n) is 7.07. The molecule has 5 nitrogen and oxygen atoms in total. The lowest BCUT2D eigenvalue weighted by molar-refractivity contribution is -0.152. The number of rotatable bonds is 7. The SMILES string of the molecule is O=C(O)C1CCC1C(=O)NCCCOc1ccc(Cl)cc1Cl. The fraction of sp³-hybridized carbons (Fsp3) is 0.467. The lowest BCUT2D eigenvalue weighted by Crippen LogP contribution is -2.44. The zero-order valence-electron chi connectivity index (χ0n) is 11.9. The highest BCUT2D eigenvalue weighted by Gasteiger charge is 2.41. The van der Waals surface area contributed by atoms with E-state index < -0.39 is 17.8 Å². The topological polar surface area (TPSA) is 75.6 Å². The van der Waals surface area contributed by atoms with Gasteiger partial charge in [-0.1, -0.05) is 23.2 Å². The predicted molar refractivity (Wildman–Crippen MR) is 83.4 cm³/mol. The molecule has 0 bridgehead atoms. The molecule has 2 atom stereocenters. The third-order valence-corrected chi connectivity index (χ3v) is 4.23. The first-order valence-corrected chi connectivity index (χ1v) is 7.83. The molecule has 1 aromatic rings. The van der Waals surface area contributed by atoms with Crippen LogP contribution in [0.1, 0.15) is 19.3 Å². The van der Waals surface area contributed by atoms with Crippen molar-refractivity contribution >= 4 is 35.1 Å². The zero-order chi connectivity index (χ0) is 16.1. The smallest absolute Gasteiger partial charge is 0.307 e. The summed E-state index contributed by atoms with van der Waals surface area (Å²) in [5, 5.41) is 12.6. The molecule has 1 aliphatic rings. The molecule has 0 aromatic heterocycles. The molecule has 0 aliphatic heterocycles. The second kappa shape index (κ2) is 7.70. The molecule has 0 saturated heterocycles. The van der Waals surface area contributed by atoms with Crippen LogP contribution in [-0.2, 0) is 9.59 Å². The van der Waals surface area contributed by atoms with Crippen molar-refractivity contribution in [2.75, 3.05) is 13.2 Å². The number of ether oxygens (including phenoxy) is 1. The molecule has 22 heavy (non-hydrogen) atoms. The van der Waals surface area contributed by atoms with E-state index in [1.165, 1.54) is 0 Å². The van der Waals surface area contributed by atoms with Crippen LogP contribution < -0.4 is 10.1 Å². The van der Waals surface area contributed by atoms with Crippen LogP contribution in [0, 0.1) is 11.8 Å². The van der Waals surface area contributed by atoms with E-state index in [2.05, 4.69) is 5.32 Å². The summed E-state index contributed by atoms with van der Waals surface area (Å²) in [5.41, 5.74) is 0. The van der Waals surface area contributed by atoms with Crippen molar-refractivity contribution in [2.24, 2.45) is 11.8 Å². The number of aliphatic carboxylic acids is 1. The third kappa shape index (κ3) is 4.27. The van der Waals surface area contributed by atoms with Gasteiger partial charge in [0.1, 0.15) is 5.75 Å². The quantitative estimate of drug-likeness (QED) is 0.745. The summed E-state index contributed by atoms with van der Waals surface area (Å²) in [6, 6.07) is 4.98. The van der Waals surface area contributed by atoms with Crippen LogP contribution in [-0.4, -0.2) is 30.1 Å². The highest BCUT2D eigenvalue weighted by Crippen LogP contribution is 2.34. The molecule has 2 N–H and O–H groups in total. The van der Waals surface area contributed by atoms with E-state index in [1.807, 2.05) is 0 Å². The summed E-state index contributed by atoms with van der Waals surface area (Å²) in [7, 11) is 0. The van der Waals surface area contributed by atoms with E-state index in [1.54, 1.807) is 18.2 Å². The molecule has 1 fully saturated rings. The van der Waals surface area contributed by atoms with E-state index in [0.29, 0.717) is 48.2 Å². The molecule has 1 saturated carbocycles. The van der Waals surface area contributed by atoms with Gasteiger partial charge in [0.05, 0.1) is 23.5 Å². The Morgan fingerprint density at radius 1 is 1.27 bits per heavy atom. The maximum atomic E-state index is 11.8. The zero-order valence-corrected chi connectivity index (χ0v) is 13.4. The number of hydrogen-bond acceptors (Lipinski definition) is 3. The number of hydrogen-bond donors (Lipinski definition) is 2. The van der Waals surface area contributed by atoms with Gasteiger partial charge in [-0.25, -0.2) is 0 Å². The Bertz CT molecular complexity index is 564. The number of carbonyl (C=O) groups is 2. The van der Waals surface area contributed by atoms with Gasteiger partial charge in [0.2, 0.25) is 5.91 Å². The fourth-order valence-electron chi connectivity index (χ4n) is 2.30. The molecular formula is C15H17Cl2NO4. The van der Waals surface area contributed by atoms with Crippen molar-refractivity contribution in [2.45, 2.75) is 19.3 Å². The lowest BCUT2D eigenvalue weighted by atomic mass is 9.73. The Labute approximate surface area is 138 Å². The molecule has 0 heterocycles. The van der Waals surface area contributed by atoms with E-state index in [0.717, 1.165) is 0 Å². The summed E-state index contributed by atoms with van der Waals surface area (Å²) in [5.74, 6) is -1.48. The number of carboxylic acid groups (broad SMARTS) is 1. The number of benzene rings is 1. The van der Waals surface area contributed by atoms with Crippen LogP contribution in [0.5, 0.6) is 5.75 Å². The number of carbonyl (C=O) groups excluding carboxylic acids is 1. The predicted octanol–water partition coefficient (Wildman–Crippen LogP) is 2.99. The maximum Gasteiger partial charge on any atom is 0.307 e. The number of carboxylic acids is 1. The van der Waals surface area contributed by atoms with Gasteiger partial charge in [0.15, 0.2) is 0 Å². The normalized spacial score (nSPS) is 20.1. The molecular weight excluding hydrogens is 329 g/mol. The Kier molecular flexibility index (Phi) is 5.91. The van der Waals surface area contributed by atoms with Crippen LogP contribution in [0.4, 0.5) is 0 Å². The largest absolute Gasteiger partial charge is 0.492 e. The van der Waals surface area contributed by atoms with Crippen molar-refractivity contribution in [3.8, 4) is 5.75 Å². The number of amides is 1. The van der Waals surface area contributed by atoms with Gasteiger partial charge in [-0.2, -0.15) is 0 Å². The lowest BCUT2D eigenvalue weighted by Gasteiger charge is -2.31. The molecule has 120 valence electrons. The van der Waals surface area contributed by atoms with Gasteiger partial charge in [0, 0.05) is 11.6 Å². The van der Waals surface area contributed by atoms with Crippen molar-refractivity contribution < 1.29 is 19.4 Å². The van der Waals surface area contributed by atoms with Crippen LogP contribution in [0.3, 0.4) is 0 Å². The highest BCUT2D eigenvalue weighted by molar-refractivity contribution is 6.35. The van der Waals surface area contributed by atoms with E-state index in [-0.39, 0.29) is 5.91 Å². The van der Waals surface area contributed by atoms with Gasteiger partial charge in [-0.3, -0.25) is 9.59 Å². The Balaban J connectivity index is 1.65. The minimum Gasteiger partial charge on any atom is -0.492 e. The minimum absolute atomic E-state index is 0.192. The molecule has 1 aliphatic carbocycles. The Morgan fingerprint density at radius 2 is 2.00 bits per heavy atom. The Morgan fingerprint density at radius 3 is 2.59 bits per heavy atom. The van der Waals surface area contributed by atoms with E-state index in [9.17, 15) is 9.59 Å². The van der Waals surface area contributed by atoms with Gasteiger partial charge in [-0.15, -0.1) is 0 Å². The molecule has 0 radical (unpaired) electrons.